The third-order valence-electron chi connectivity index (χ3n) is 2.31. The highest BCUT2D eigenvalue weighted by Crippen LogP contribution is 2.27. The van der Waals surface area contributed by atoms with E-state index >= 15 is 0 Å². The lowest BCUT2D eigenvalue weighted by atomic mass is 10.1. The van der Waals surface area contributed by atoms with Crippen molar-refractivity contribution in [1.82, 2.24) is 15.3 Å². The first-order valence-corrected chi connectivity index (χ1v) is 7.02. The number of pyridine rings is 1. The van der Waals surface area contributed by atoms with Crippen molar-refractivity contribution in [2.45, 2.75) is 32.9 Å². The van der Waals surface area contributed by atoms with Crippen LogP contribution in [0.3, 0.4) is 0 Å². The molecule has 3 nitrogen and oxygen atoms in total. The van der Waals surface area contributed by atoms with Gasteiger partial charge in [0.2, 0.25) is 0 Å². The van der Waals surface area contributed by atoms with Crippen LogP contribution in [0.25, 0.3) is 10.7 Å². The molecule has 0 aromatic carbocycles. The van der Waals surface area contributed by atoms with Gasteiger partial charge in [-0.05, 0) is 32.9 Å². The number of nitrogens with one attached hydrogen (secondary N) is 1. The SMILES string of the molecule is CC(C)(C)NCc1csc(-c2ncccc2Cl)n1. The third-order valence-corrected chi connectivity index (χ3v) is 3.52. The quantitative estimate of drug-likeness (QED) is 0.931. The minimum atomic E-state index is 0.0897. The Morgan fingerprint density at radius 3 is 2.83 bits per heavy atom. The second kappa shape index (κ2) is 5.34. The van der Waals surface area contributed by atoms with Crippen LogP contribution in [0.4, 0.5) is 0 Å². The molecule has 0 saturated heterocycles. The Hall–Kier alpha value is -0.970. The summed E-state index contributed by atoms with van der Waals surface area (Å²) in [5.74, 6) is 0. The van der Waals surface area contributed by atoms with E-state index in [9.17, 15) is 0 Å². The first kappa shape index (κ1) is 13.5. The zero-order valence-corrected chi connectivity index (χ0v) is 12.3. The van der Waals surface area contributed by atoms with E-state index in [4.69, 9.17) is 11.6 Å². The molecule has 96 valence electrons. The highest BCUT2D eigenvalue weighted by molar-refractivity contribution is 7.13. The summed E-state index contributed by atoms with van der Waals surface area (Å²) < 4.78 is 0. The minimum absolute atomic E-state index is 0.0897. The van der Waals surface area contributed by atoms with Gasteiger partial charge in [0, 0.05) is 23.7 Å². The van der Waals surface area contributed by atoms with Crippen LogP contribution in [-0.2, 0) is 6.54 Å². The molecule has 2 aromatic heterocycles. The van der Waals surface area contributed by atoms with Crippen LogP contribution in [0.5, 0.6) is 0 Å². The maximum atomic E-state index is 6.11. The van der Waals surface area contributed by atoms with Crippen LogP contribution in [0.15, 0.2) is 23.7 Å². The Balaban J connectivity index is 2.14. The van der Waals surface area contributed by atoms with Crippen molar-refractivity contribution in [2.75, 3.05) is 0 Å². The number of rotatable bonds is 3. The molecule has 0 aliphatic heterocycles. The van der Waals surface area contributed by atoms with Crippen molar-refractivity contribution in [1.29, 1.82) is 0 Å². The monoisotopic (exact) mass is 281 g/mol. The Kier molecular flexibility index (Phi) is 4.00. The molecule has 0 radical (unpaired) electrons. The second-order valence-corrected chi connectivity index (χ2v) is 6.35. The summed E-state index contributed by atoms with van der Waals surface area (Å²) in [6.07, 6.45) is 1.73. The molecular weight excluding hydrogens is 266 g/mol. The van der Waals surface area contributed by atoms with E-state index in [2.05, 4.69) is 36.1 Å². The van der Waals surface area contributed by atoms with Crippen molar-refractivity contribution >= 4 is 22.9 Å². The van der Waals surface area contributed by atoms with E-state index in [0.29, 0.717) is 5.02 Å². The smallest absolute Gasteiger partial charge is 0.143 e. The average Bonchev–Trinajstić information content (AvgIpc) is 2.75. The molecule has 5 heteroatoms. The molecule has 0 bridgehead atoms. The van der Waals surface area contributed by atoms with Crippen molar-refractivity contribution in [2.24, 2.45) is 0 Å². The van der Waals surface area contributed by atoms with Gasteiger partial charge in [-0.1, -0.05) is 11.6 Å². The first-order valence-electron chi connectivity index (χ1n) is 5.76. The zero-order chi connectivity index (χ0) is 13.2. The fraction of sp³-hybridized carbons (Fsp3) is 0.385. The van der Waals surface area contributed by atoms with Crippen LogP contribution in [-0.4, -0.2) is 15.5 Å². The van der Waals surface area contributed by atoms with Crippen LogP contribution in [0.2, 0.25) is 5.02 Å². The van der Waals surface area contributed by atoms with Gasteiger partial charge < -0.3 is 5.32 Å². The van der Waals surface area contributed by atoms with Gasteiger partial charge in [-0.2, -0.15) is 0 Å². The molecule has 0 fully saturated rings. The number of aromatic nitrogens is 2. The van der Waals surface area contributed by atoms with Crippen LogP contribution in [0, 0.1) is 0 Å². The molecule has 0 amide bonds. The Morgan fingerprint density at radius 1 is 1.39 bits per heavy atom. The largest absolute Gasteiger partial charge is 0.306 e. The molecule has 18 heavy (non-hydrogen) atoms. The van der Waals surface area contributed by atoms with Crippen LogP contribution in [0.1, 0.15) is 26.5 Å². The van der Waals surface area contributed by atoms with Crippen LogP contribution < -0.4 is 5.32 Å². The first-order chi connectivity index (χ1) is 8.46. The van der Waals surface area contributed by atoms with E-state index in [1.165, 1.54) is 0 Å². The lowest BCUT2D eigenvalue weighted by Gasteiger charge is -2.19. The van der Waals surface area contributed by atoms with Gasteiger partial charge in [-0.15, -0.1) is 11.3 Å². The van der Waals surface area contributed by atoms with Crippen molar-refractivity contribution in [3.63, 3.8) is 0 Å². The number of halogens is 1. The van der Waals surface area contributed by atoms with Gasteiger partial charge in [0.25, 0.3) is 0 Å². The van der Waals surface area contributed by atoms with Gasteiger partial charge in [0.1, 0.15) is 10.7 Å². The number of thiazole rings is 1. The van der Waals surface area contributed by atoms with Crippen molar-refractivity contribution in [3.8, 4) is 10.7 Å². The summed E-state index contributed by atoms with van der Waals surface area (Å²) in [7, 11) is 0. The molecule has 0 aliphatic rings. The lowest BCUT2D eigenvalue weighted by molar-refractivity contribution is 0.422. The van der Waals surface area contributed by atoms with E-state index in [0.717, 1.165) is 22.9 Å². The molecule has 2 heterocycles. The molecule has 2 aromatic rings. The summed E-state index contributed by atoms with van der Waals surface area (Å²) in [6.45, 7) is 7.16. The Morgan fingerprint density at radius 2 is 2.17 bits per heavy atom. The van der Waals surface area contributed by atoms with Gasteiger partial charge in [-0.3, -0.25) is 4.98 Å². The van der Waals surface area contributed by atoms with E-state index in [1.807, 2.05) is 17.5 Å². The predicted octanol–water partition coefficient (Wildman–Crippen LogP) is 3.75. The van der Waals surface area contributed by atoms with E-state index in [1.54, 1.807) is 17.5 Å². The fourth-order valence-corrected chi connectivity index (χ4v) is 2.49. The maximum Gasteiger partial charge on any atom is 0.143 e. The van der Waals surface area contributed by atoms with E-state index in [-0.39, 0.29) is 5.54 Å². The van der Waals surface area contributed by atoms with E-state index < -0.39 is 0 Å². The second-order valence-electron chi connectivity index (χ2n) is 5.08. The average molecular weight is 282 g/mol. The zero-order valence-electron chi connectivity index (χ0n) is 10.7. The molecule has 1 N–H and O–H groups in total. The van der Waals surface area contributed by atoms with Gasteiger partial charge in [-0.25, -0.2) is 4.98 Å². The highest BCUT2D eigenvalue weighted by atomic mass is 35.5. The van der Waals surface area contributed by atoms with Gasteiger partial charge in [0.15, 0.2) is 0 Å². The molecule has 0 spiro atoms. The Labute approximate surface area is 116 Å². The highest BCUT2D eigenvalue weighted by Gasteiger charge is 2.12. The van der Waals surface area contributed by atoms with Crippen LogP contribution >= 0.6 is 22.9 Å². The number of hydrogen-bond acceptors (Lipinski definition) is 4. The summed E-state index contributed by atoms with van der Waals surface area (Å²) in [5, 5.41) is 6.96. The topological polar surface area (TPSA) is 37.8 Å². The fourth-order valence-electron chi connectivity index (χ4n) is 1.40. The maximum absolute atomic E-state index is 6.11. The van der Waals surface area contributed by atoms with Gasteiger partial charge >= 0.3 is 0 Å². The standard InChI is InChI=1S/C13H16ClN3S/c1-13(2,3)16-7-9-8-18-12(17-9)11-10(14)5-4-6-15-11/h4-6,8,16H,7H2,1-3H3. The van der Waals surface area contributed by atoms with Gasteiger partial charge in [0.05, 0.1) is 10.7 Å². The van der Waals surface area contributed by atoms with Crippen molar-refractivity contribution < 1.29 is 0 Å². The van der Waals surface area contributed by atoms with Crippen molar-refractivity contribution in [3.05, 3.63) is 34.4 Å². The predicted molar refractivity (Wildman–Crippen MR) is 76.9 cm³/mol. The molecule has 0 aliphatic carbocycles. The normalized spacial score (nSPS) is 11.8. The number of hydrogen-bond donors (Lipinski definition) is 1. The molecule has 0 unspecified atom stereocenters. The third kappa shape index (κ3) is 3.51. The molecule has 0 saturated carbocycles. The summed E-state index contributed by atoms with van der Waals surface area (Å²) >= 11 is 7.68. The molecule has 0 atom stereocenters. The Bertz CT molecular complexity index is 531. The summed E-state index contributed by atoms with van der Waals surface area (Å²) in [6, 6.07) is 3.65. The summed E-state index contributed by atoms with van der Waals surface area (Å²) in [4.78, 5) is 8.82. The number of nitrogens with zero attached hydrogens (tertiary/aromatic N) is 2. The molecule has 2 rings (SSSR count). The minimum Gasteiger partial charge on any atom is -0.306 e. The summed E-state index contributed by atoms with van der Waals surface area (Å²) in [5.41, 5.74) is 1.87. The lowest BCUT2D eigenvalue weighted by Crippen LogP contribution is -2.35. The molecular formula is C13H16ClN3S.